The molecule has 0 aliphatic carbocycles. The highest BCUT2D eigenvalue weighted by Gasteiger charge is 2.21. The molecule has 130 valence electrons. The van der Waals surface area contributed by atoms with Gasteiger partial charge in [0, 0.05) is 5.56 Å². The number of hydrogen-bond acceptors (Lipinski definition) is 3. The van der Waals surface area contributed by atoms with E-state index in [0.717, 1.165) is 17.1 Å². The first-order valence-electron chi connectivity index (χ1n) is 8.34. The lowest BCUT2D eigenvalue weighted by atomic mass is 9.86. The maximum atomic E-state index is 11.2. The van der Waals surface area contributed by atoms with Crippen molar-refractivity contribution in [1.29, 1.82) is 0 Å². The molecule has 0 aliphatic heterocycles. The second kappa shape index (κ2) is 7.22. The van der Waals surface area contributed by atoms with Crippen LogP contribution in [0.1, 0.15) is 45.9 Å². The van der Waals surface area contributed by atoms with Crippen molar-refractivity contribution in [3.05, 3.63) is 47.7 Å². The molecule has 1 heterocycles. The Kier molecular flexibility index (Phi) is 5.50. The number of rotatable bonds is 6. The van der Waals surface area contributed by atoms with E-state index in [0.29, 0.717) is 6.54 Å². The Morgan fingerprint density at radius 2 is 1.75 bits per heavy atom. The summed E-state index contributed by atoms with van der Waals surface area (Å²) < 4.78 is 5.85. The Morgan fingerprint density at radius 1 is 1.12 bits per heavy atom. The van der Waals surface area contributed by atoms with Crippen LogP contribution in [0.2, 0.25) is 0 Å². The molecule has 4 nitrogen and oxygen atoms in total. The van der Waals surface area contributed by atoms with Gasteiger partial charge in [0.05, 0.1) is 6.54 Å². The lowest BCUT2D eigenvalue weighted by Gasteiger charge is -2.18. The van der Waals surface area contributed by atoms with Crippen LogP contribution < -0.4 is 5.32 Å². The fourth-order valence-electron chi connectivity index (χ4n) is 2.58. The standard InChI is InChI=1S/C20H27NO3/c1-13(2)18(19(22)23)21-12-16-10-11-17(24-16)14-6-8-15(9-7-14)20(3,4)5/h6-11,13,18,21H,12H2,1-5H3,(H,22,23)/t18-/m0/s1. The molecule has 1 aromatic carbocycles. The van der Waals surface area contributed by atoms with Crippen molar-refractivity contribution in [1.82, 2.24) is 5.32 Å². The lowest BCUT2D eigenvalue weighted by molar-refractivity contribution is -0.140. The van der Waals surface area contributed by atoms with E-state index in [1.807, 2.05) is 26.0 Å². The molecular weight excluding hydrogens is 302 g/mol. The number of carboxylic acid groups (broad SMARTS) is 1. The Hall–Kier alpha value is -2.07. The summed E-state index contributed by atoms with van der Waals surface area (Å²) in [4.78, 5) is 11.2. The second-order valence-corrected chi connectivity index (χ2v) is 7.53. The van der Waals surface area contributed by atoms with Crippen LogP contribution in [0.3, 0.4) is 0 Å². The van der Waals surface area contributed by atoms with Crippen LogP contribution in [0.4, 0.5) is 0 Å². The summed E-state index contributed by atoms with van der Waals surface area (Å²) in [6.07, 6.45) is 0. The summed E-state index contributed by atoms with van der Waals surface area (Å²) in [5, 5.41) is 12.2. The second-order valence-electron chi connectivity index (χ2n) is 7.53. The van der Waals surface area contributed by atoms with Crippen LogP contribution in [-0.4, -0.2) is 17.1 Å². The third kappa shape index (κ3) is 4.48. The molecule has 0 saturated carbocycles. The number of carbonyl (C=O) groups is 1. The van der Waals surface area contributed by atoms with E-state index in [1.165, 1.54) is 5.56 Å². The molecule has 0 amide bonds. The smallest absolute Gasteiger partial charge is 0.320 e. The van der Waals surface area contributed by atoms with Crippen molar-refractivity contribution < 1.29 is 14.3 Å². The van der Waals surface area contributed by atoms with E-state index < -0.39 is 12.0 Å². The zero-order valence-electron chi connectivity index (χ0n) is 15.1. The fraction of sp³-hybridized carbons (Fsp3) is 0.450. The minimum atomic E-state index is -0.838. The topological polar surface area (TPSA) is 62.5 Å². The van der Waals surface area contributed by atoms with Crippen LogP contribution in [0, 0.1) is 5.92 Å². The minimum absolute atomic E-state index is 0.0156. The maximum Gasteiger partial charge on any atom is 0.320 e. The molecule has 2 N–H and O–H groups in total. The molecule has 0 aliphatic rings. The SMILES string of the molecule is CC(C)[C@H](NCc1ccc(-c2ccc(C(C)(C)C)cc2)o1)C(=O)O. The Bertz CT molecular complexity index is 678. The highest BCUT2D eigenvalue weighted by molar-refractivity contribution is 5.73. The van der Waals surface area contributed by atoms with Crippen molar-refractivity contribution in [2.24, 2.45) is 5.92 Å². The van der Waals surface area contributed by atoms with Gasteiger partial charge in [0.1, 0.15) is 17.6 Å². The van der Waals surface area contributed by atoms with E-state index in [2.05, 4.69) is 50.4 Å². The van der Waals surface area contributed by atoms with E-state index in [4.69, 9.17) is 4.42 Å². The monoisotopic (exact) mass is 329 g/mol. The van der Waals surface area contributed by atoms with Gasteiger partial charge in [-0.3, -0.25) is 10.1 Å². The fourth-order valence-corrected chi connectivity index (χ4v) is 2.58. The third-order valence-electron chi connectivity index (χ3n) is 4.13. The first-order valence-corrected chi connectivity index (χ1v) is 8.34. The minimum Gasteiger partial charge on any atom is -0.480 e. The summed E-state index contributed by atoms with van der Waals surface area (Å²) >= 11 is 0. The number of benzene rings is 1. The molecule has 0 fully saturated rings. The quantitative estimate of drug-likeness (QED) is 0.822. The van der Waals surface area contributed by atoms with Gasteiger partial charge in [-0.25, -0.2) is 0 Å². The molecule has 0 saturated heterocycles. The van der Waals surface area contributed by atoms with Gasteiger partial charge in [-0.2, -0.15) is 0 Å². The predicted octanol–water partition coefficient (Wildman–Crippen LogP) is 4.44. The van der Waals surface area contributed by atoms with Crippen molar-refractivity contribution in [3.8, 4) is 11.3 Å². The van der Waals surface area contributed by atoms with Gasteiger partial charge in [-0.1, -0.05) is 58.9 Å². The van der Waals surface area contributed by atoms with Crippen LogP contribution >= 0.6 is 0 Å². The molecule has 1 atom stereocenters. The first-order chi connectivity index (χ1) is 11.2. The van der Waals surface area contributed by atoms with E-state index in [9.17, 15) is 9.90 Å². The average molecular weight is 329 g/mol. The summed E-state index contributed by atoms with van der Waals surface area (Å²) in [6.45, 7) is 10.7. The Labute approximate surface area is 143 Å². The lowest BCUT2D eigenvalue weighted by Crippen LogP contribution is -2.40. The van der Waals surface area contributed by atoms with Gasteiger partial charge in [-0.15, -0.1) is 0 Å². The van der Waals surface area contributed by atoms with Crippen molar-refractivity contribution in [2.45, 2.75) is 52.6 Å². The summed E-state index contributed by atoms with van der Waals surface area (Å²) in [7, 11) is 0. The van der Waals surface area contributed by atoms with Gasteiger partial charge >= 0.3 is 5.97 Å². The molecule has 4 heteroatoms. The number of carboxylic acids is 1. The van der Waals surface area contributed by atoms with E-state index in [1.54, 1.807) is 0 Å². The molecule has 2 aromatic rings. The number of furan rings is 1. The largest absolute Gasteiger partial charge is 0.480 e. The zero-order chi connectivity index (χ0) is 17.9. The predicted molar refractivity (Wildman–Crippen MR) is 95.9 cm³/mol. The highest BCUT2D eigenvalue weighted by atomic mass is 16.4. The molecule has 0 spiro atoms. The third-order valence-corrected chi connectivity index (χ3v) is 4.13. The molecule has 0 bridgehead atoms. The van der Waals surface area contributed by atoms with Gasteiger partial charge < -0.3 is 9.52 Å². The molecule has 24 heavy (non-hydrogen) atoms. The van der Waals surface area contributed by atoms with Crippen LogP contribution in [0.15, 0.2) is 40.8 Å². The maximum absolute atomic E-state index is 11.2. The van der Waals surface area contributed by atoms with Crippen molar-refractivity contribution >= 4 is 5.97 Å². The number of nitrogens with one attached hydrogen (secondary N) is 1. The molecule has 2 rings (SSSR count). The molecule has 0 unspecified atom stereocenters. The van der Waals surface area contributed by atoms with Crippen molar-refractivity contribution in [3.63, 3.8) is 0 Å². The van der Waals surface area contributed by atoms with E-state index >= 15 is 0 Å². The van der Waals surface area contributed by atoms with Gasteiger partial charge in [0.25, 0.3) is 0 Å². The molecule has 1 aromatic heterocycles. The molecular formula is C20H27NO3. The van der Waals surface area contributed by atoms with Gasteiger partial charge in [-0.05, 0) is 29.0 Å². The highest BCUT2D eigenvalue weighted by Crippen LogP contribution is 2.27. The van der Waals surface area contributed by atoms with Gasteiger partial charge in [0.15, 0.2) is 0 Å². The number of hydrogen-bond donors (Lipinski definition) is 2. The normalized spacial score (nSPS) is 13.2. The van der Waals surface area contributed by atoms with Crippen LogP contribution in [-0.2, 0) is 16.8 Å². The summed E-state index contributed by atoms with van der Waals surface area (Å²) in [5.74, 6) is 0.705. The average Bonchev–Trinajstić information content (AvgIpc) is 2.95. The molecule has 0 radical (unpaired) electrons. The Morgan fingerprint density at radius 3 is 2.25 bits per heavy atom. The summed E-state index contributed by atoms with van der Waals surface area (Å²) in [5.41, 5.74) is 2.42. The zero-order valence-corrected chi connectivity index (χ0v) is 15.1. The van der Waals surface area contributed by atoms with Crippen LogP contribution in [0.5, 0.6) is 0 Å². The summed E-state index contributed by atoms with van der Waals surface area (Å²) in [6, 6.07) is 11.6. The van der Waals surface area contributed by atoms with Gasteiger partial charge in [0.2, 0.25) is 0 Å². The van der Waals surface area contributed by atoms with E-state index in [-0.39, 0.29) is 11.3 Å². The van der Waals surface area contributed by atoms with Crippen molar-refractivity contribution in [2.75, 3.05) is 0 Å². The van der Waals surface area contributed by atoms with Crippen LogP contribution in [0.25, 0.3) is 11.3 Å². The Balaban J connectivity index is 2.06. The first kappa shape index (κ1) is 18.3. The number of aliphatic carboxylic acids is 1.